The number of hydrogen-bond donors (Lipinski definition) is 1. The Morgan fingerprint density at radius 1 is 0.963 bits per heavy atom. The third-order valence-corrected chi connectivity index (χ3v) is 5.42. The Hall–Kier alpha value is -2.85. The lowest BCUT2D eigenvalue weighted by atomic mass is 9.89. The molecule has 1 aliphatic rings. The highest BCUT2D eigenvalue weighted by molar-refractivity contribution is 6.30. The Morgan fingerprint density at radius 2 is 1.70 bits per heavy atom. The van der Waals surface area contributed by atoms with E-state index in [9.17, 15) is 4.79 Å². The van der Waals surface area contributed by atoms with Crippen LogP contribution in [0.2, 0.25) is 5.02 Å². The third kappa shape index (κ3) is 2.77. The molecule has 27 heavy (non-hydrogen) atoms. The van der Waals surface area contributed by atoms with Crippen molar-refractivity contribution in [3.05, 3.63) is 75.1 Å². The molecule has 5 heteroatoms. The van der Waals surface area contributed by atoms with Crippen LogP contribution >= 0.6 is 11.6 Å². The number of hydrogen-bond acceptors (Lipinski definition) is 4. The summed E-state index contributed by atoms with van der Waals surface area (Å²) >= 11 is 6.00. The highest BCUT2D eigenvalue weighted by atomic mass is 35.5. The molecule has 0 atom stereocenters. The SMILES string of the molecule is O=c1oc2ccccc2c2nc(Nc3ccc(Cl)cc3)c3c(c12)CCCC3. The van der Waals surface area contributed by atoms with Crippen LogP contribution in [0.4, 0.5) is 11.5 Å². The number of para-hydroxylation sites is 1. The first kappa shape index (κ1) is 16.3. The Labute approximate surface area is 160 Å². The minimum absolute atomic E-state index is 0.299. The molecular weight excluding hydrogens is 360 g/mol. The largest absolute Gasteiger partial charge is 0.422 e. The Balaban J connectivity index is 1.81. The summed E-state index contributed by atoms with van der Waals surface area (Å²) in [6.07, 6.45) is 3.93. The van der Waals surface area contributed by atoms with Gasteiger partial charge in [0.1, 0.15) is 11.4 Å². The summed E-state index contributed by atoms with van der Waals surface area (Å²) < 4.78 is 5.58. The molecule has 2 heterocycles. The number of benzene rings is 2. The molecule has 5 rings (SSSR count). The van der Waals surface area contributed by atoms with Gasteiger partial charge < -0.3 is 9.73 Å². The van der Waals surface area contributed by atoms with Gasteiger partial charge in [-0.15, -0.1) is 0 Å². The van der Waals surface area contributed by atoms with Crippen molar-refractivity contribution in [3.8, 4) is 0 Å². The number of fused-ring (bicyclic) bond motifs is 5. The van der Waals surface area contributed by atoms with Gasteiger partial charge in [0.15, 0.2) is 0 Å². The third-order valence-electron chi connectivity index (χ3n) is 5.17. The maximum absolute atomic E-state index is 12.7. The molecule has 0 saturated carbocycles. The Kier molecular flexibility index (Phi) is 3.87. The first-order chi connectivity index (χ1) is 13.2. The summed E-state index contributed by atoms with van der Waals surface area (Å²) in [5.41, 5.74) is 4.09. The molecule has 1 N–H and O–H groups in total. The average molecular weight is 377 g/mol. The number of aromatic nitrogens is 1. The van der Waals surface area contributed by atoms with E-state index in [2.05, 4.69) is 5.32 Å². The van der Waals surface area contributed by atoms with Crippen LogP contribution in [0.25, 0.3) is 21.9 Å². The minimum Gasteiger partial charge on any atom is -0.422 e. The van der Waals surface area contributed by atoms with Crippen molar-refractivity contribution in [1.82, 2.24) is 4.98 Å². The monoisotopic (exact) mass is 376 g/mol. The lowest BCUT2D eigenvalue weighted by Gasteiger charge is -2.21. The second kappa shape index (κ2) is 6.39. The quantitative estimate of drug-likeness (QED) is 0.364. The minimum atomic E-state index is -0.299. The topological polar surface area (TPSA) is 55.1 Å². The first-order valence-electron chi connectivity index (χ1n) is 9.10. The average Bonchev–Trinajstić information content (AvgIpc) is 2.69. The normalized spacial score (nSPS) is 13.7. The predicted octanol–water partition coefficient (Wildman–Crippen LogP) is 5.62. The van der Waals surface area contributed by atoms with Crippen LogP contribution in [0.1, 0.15) is 24.0 Å². The smallest absolute Gasteiger partial charge is 0.346 e. The van der Waals surface area contributed by atoms with Gasteiger partial charge in [-0.05, 0) is 73.2 Å². The summed E-state index contributed by atoms with van der Waals surface area (Å²) in [4.78, 5) is 17.6. The summed E-state index contributed by atoms with van der Waals surface area (Å²) in [6.45, 7) is 0. The fourth-order valence-electron chi connectivity index (χ4n) is 3.91. The van der Waals surface area contributed by atoms with Crippen molar-refractivity contribution in [2.45, 2.75) is 25.7 Å². The van der Waals surface area contributed by atoms with Gasteiger partial charge in [0, 0.05) is 16.1 Å². The van der Waals surface area contributed by atoms with Crippen molar-refractivity contribution in [1.29, 1.82) is 0 Å². The van der Waals surface area contributed by atoms with Crippen LogP contribution in [-0.4, -0.2) is 4.98 Å². The highest BCUT2D eigenvalue weighted by Crippen LogP contribution is 2.35. The van der Waals surface area contributed by atoms with Gasteiger partial charge in [0.2, 0.25) is 0 Å². The van der Waals surface area contributed by atoms with E-state index >= 15 is 0 Å². The van der Waals surface area contributed by atoms with E-state index < -0.39 is 0 Å². The second-order valence-corrected chi connectivity index (χ2v) is 7.30. The second-order valence-electron chi connectivity index (χ2n) is 6.87. The van der Waals surface area contributed by atoms with E-state index in [1.807, 2.05) is 48.5 Å². The van der Waals surface area contributed by atoms with Gasteiger partial charge in [-0.25, -0.2) is 9.78 Å². The van der Waals surface area contributed by atoms with E-state index in [-0.39, 0.29) is 5.63 Å². The van der Waals surface area contributed by atoms with Crippen LogP contribution in [0.3, 0.4) is 0 Å². The van der Waals surface area contributed by atoms with Crippen molar-refractivity contribution in [2.24, 2.45) is 0 Å². The zero-order chi connectivity index (χ0) is 18.4. The molecule has 0 saturated heterocycles. The van der Waals surface area contributed by atoms with Gasteiger partial charge in [-0.3, -0.25) is 0 Å². The Morgan fingerprint density at radius 3 is 2.52 bits per heavy atom. The molecule has 4 aromatic rings. The maximum atomic E-state index is 12.7. The Bertz CT molecular complexity index is 1230. The molecule has 0 amide bonds. The lowest BCUT2D eigenvalue weighted by molar-refractivity contribution is 0.567. The van der Waals surface area contributed by atoms with E-state index in [1.165, 1.54) is 0 Å². The molecule has 0 fully saturated rings. The van der Waals surface area contributed by atoms with Gasteiger partial charge >= 0.3 is 5.63 Å². The number of halogens is 1. The van der Waals surface area contributed by atoms with Crippen LogP contribution in [0.15, 0.2) is 57.7 Å². The highest BCUT2D eigenvalue weighted by Gasteiger charge is 2.22. The molecule has 0 radical (unpaired) electrons. The van der Waals surface area contributed by atoms with Crippen molar-refractivity contribution >= 4 is 45.0 Å². The van der Waals surface area contributed by atoms with E-state index in [1.54, 1.807) is 0 Å². The number of pyridine rings is 1. The number of nitrogens with zero attached hydrogens (tertiary/aromatic N) is 1. The van der Waals surface area contributed by atoms with E-state index in [0.29, 0.717) is 21.5 Å². The maximum Gasteiger partial charge on any atom is 0.346 e. The van der Waals surface area contributed by atoms with E-state index in [4.69, 9.17) is 21.0 Å². The van der Waals surface area contributed by atoms with E-state index in [0.717, 1.165) is 53.7 Å². The lowest BCUT2D eigenvalue weighted by Crippen LogP contribution is -2.14. The first-order valence-corrected chi connectivity index (χ1v) is 9.48. The van der Waals surface area contributed by atoms with Gasteiger partial charge in [-0.1, -0.05) is 23.7 Å². The molecule has 0 bridgehead atoms. The zero-order valence-electron chi connectivity index (χ0n) is 14.6. The van der Waals surface area contributed by atoms with Crippen molar-refractivity contribution in [2.75, 3.05) is 5.32 Å². The summed E-state index contributed by atoms with van der Waals surface area (Å²) in [7, 11) is 0. The number of aryl methyl sites for hydroxylation is 1. The number of rotatable bonds is 2. The van der Waals surface area contributed by atoms with Gasteiger partial charge in [0.05, 0.1) is 10.9 Å². The summed E-state index contributed by atoms with van der Waals surface area (Å²) in [6, 6.07) is 15.1. The van der Waals surface area contributed by atoms with Crippen LogP contribution in [0, 0.1) is 0 Å². The predicted molar refractivity (Wildman–Crippen MR) is 109 cm³/mol. The molecular formula is C22H17ClN2O2. The standard InChI is InChI=1S/C22H17ClN2O2/c23-13-9-11-14(12-10-13)24-21-16-6-2-1-5-15(16)19-20(25-21)17-7-3-4-8-18(17)27-22(19)26/h3-4,7-12H,1-2,5-6H2,(H,24,25). The molecule has 2 aromatic carbocycles. The number of nitrogens with one attached hydrogen (secondary N) is 1. The van der Waals surface area contributed by atoms with Gasteiger partial charge in [0.25, 0.3) is 0 Å². The summed E-state index contributed by atoms with van der Waals surface area (Å²) in [5, 5.41) is 5.62. The fourth-order valence-corrected chi connectivity index (χ4v) is 4.04. The van der Waals surface area contributed by atoms with Crippen molar-refractivity contribution in [3.63, 3.8) is 0 Å². The molecule has 134 valence electrons. The molecule has 0 aliphatic heterocycles. The molecule has 4 nitrogen and oxygen atoms in total. The molecule has 0 unspecified atom stereocenters. The van der Waals surface area contributed by atoms with Crippen LogP contribution in [-0.2, 0) is 12.8 Å². The number of anilines is 2. The summed E-state index contributed by atoms with van der Waals surface area (Å²) in [5.74, 6) is 0.815. The molecule has 0 spiro atoms. The van der Waals surface area contributed by atoms with Crippen LogP contribution in [0.5, 0.6) is 0 Å². The fraction of sp³-hybridized carbons (Fsp3) is 0.182. The van der Waals surface area contributed by atoms with Crippen LogP contribution < -0.4 is 10.9 Å². The molecule has 1 aliphatic carbocycles. The zero-order valence-corrected chi connectivity index (χ0v) is 15.3. The van der Waals surface area contributed by atoms with Gasteiger partial charge in [-0.2, -0.15) is 0 Å². The molecule has 2 aromatic heterocycles. The van der Waals surface area contributed by atoms with Crippen molar-refractivity contribution < 1.29 is 4.42 Å².